The van der Waals surface area contributed by atoms with Crippen LogP contribution in [0, 0.1) is 0 Å². The topological polar surface area (TPSA) is 559 Å². The summed E-state index contributed by atoms with van der Waals surface area (Å²) in [5, 5.41) is 262. The lowest BCUT2D eigenvalue weighted by molar-refractivity contribution is -0.265. The zero-order valence-electron chi connectivity index (χ0n) is 45.9. The first-order valence-electron chi connectivity index (χ1n) is 25.9. The van der Waals surface area contributed by atoms with Gasteiger partial charge in [-0.3, -0.25) is 0 Å². The van der Waals surface area contributed by atoms with Crippen LogP contribution in [0.3, 0.4) is 0 Å². The minimum absolute atomic E-state index is 0.457. The van der Waals surface area contributed by atoms with Gasteiger partial charge in [-0.25, -0.2) is 0 Å². The Morgan fingerprint density at radius 2 is 0.375 bits per heavy atom. The molecule has 0 radical (unpaired) electrons. The van der Waals surface area contributed by atoms with E-state index < -0.39 is 291 Å². The molecule has 1 rings (SSSR count). The lowest BCUT2D eigenvalue weighted by atomic mass is 10.0. The number of alkyl halides is 8. The molecule has 0 saturated carbocycles. The maximum Gasteiger partial charge on any atom is 0.218 e. The molecule has 32 nitrogen and oxygen atoms in total. The second-order valence-electron chi connectivity index (χ2n) is 18.4. The van der Waals surface area contributed by atoms with Gasteiger partial charge in [-0.05, 0) is 51.4 Å². The summed E-state index contributed by atoms with van der Waals surface area (Å²) in [4.78, 5) is 0. The van der Waals surface area contributed by atoms with Crippen LogP contribution in [0.1, 0.15) is 51.4 Å². The molecule has 20 atom stereocenters. The molecule has 20 unspecified atom stereocenters. The Labute approximate surface area is 541 Å². The van der Waals surface area contributed by atoms with Crippen LogP contribution in [-0.2, 0) is 37.9 Å². The minimum Gasteiger partial charge on any atom is -0.506 e. The number of aliphatic hydroxyl groups excluding tert-OH is 24. The third kappa shape index (κ3) is 25.5. The maximum atomic E-state index is 11.1. The number of hydrogen-bond acceptors (Lipinski definition) is 32. The SMILES string of the molecule is OC1=C(O)C(CCCl)OC(O)C(O)=C(O)C(CCCl)OC(O)C(O)=C(O)C(CCCl)OC(O)C(O)=C(O)C(CCCl)OC(O)C(O)C(O)C(CCCl)OC(O)C(O)C(O)C(CCCl)OC(O)C(O)=C(O)C(CCCl)OC(O)C(O)=C(O)C(CCCl)OC1O. The summed E-state index contributed by atoms with van der Waals surface area (Å²) in [5.74, 6) is -22.0. The van der Waals surface area contributed by atoms with Gasteiger partial charge < -0.3 is 160 Å². The summed E-state index contributed by atoms with van der Waals surface area (Å²) in [6.07, 6.45) is -52.9. The van der Waals surface area contributed by atoms with Crippen LogP contribution >= 0.6 is 92.8 Å². The first-order valence-corrected chi connectivity index (χ1v) is 30.2. The van der Waals surface area contributed by atoms with Crippen molar-refractivity contribution >= 4 is 92.8 Å². The van der Waals surface area contributed by atoms with Crippen molar-refractivity contribution in [1.82, 2.24) is 0 Å². The van der Waals surface area contributed by atoms with Gasteiger partial charge in [-0.2, -0.15) is 0 Å². The van der Waals surface area contributed by atoms with Gasteiger partial charge in [0.05, 0.1) is 12.2 Å². The van der Waals surface area contributed by atoms with Crippen LogP contribution < -0.4 is 0 Å². The number of hydrogen-bond donors (Lipinski definition) is 24. The van der Waals surface area contributed by atoms with Crippen molar-refractivity contribution in [2.24, 2.45) is 0 Å². The standard InChI is InChI=1S/C48H76Cl8O32/c49-9-1-17-25(57)33(65)42(74)82-19(3-11-51)27(59)35(67)44(76)84-21(5-13-53)29(61)37(69)46(78)86-23(7-15-55)31(63)39(71)48(80)88-24(8-16-56)32(64)40(72)47(79)87-22(6-14-54)30(62)38(70)45(77)85-20(4-12-52)28(60)36(68)43(75)83-18(2-10-50)26(58)34(66)41(73)81-17/h17-26,33-34,41-48,57-80H,1-16H2. The zero-order chi connectivity index (χ0) is 67.4. The molecule has 0 spiro atoms. The highest BCUT2D eigenvalue weighted by molar-refractivity contribution is 6.19. The van der Waals surface area contributed by atoms with Gasteiger partial charge in [0.25, 0.3) is 0 Å². The largest absolute Gasteiger partial charge is 0.506 e. The van der Waals surface area contributed by atoms with E-state index in [1.165, 1.54) is 0 Å². The molecule has 0 aromatic rings. The van der Waals surface area contributed by atoms with Crippen LogP contribution in [0.2, 0.25) is 0 Å². The fraction of sp³-hybridized carbons (Fsp3) is 0.750. The van der Waals surface area contributed by atoms with Crippen molar-refractivity contribution in [3.63, 3.8) is 0 Å². The predicted molar refractivity (Wildman–Crippen MR) is 307 cm³/mol. The minimum atomic E-state index is -2.77. The Morgan fingerprint density at radius 3 is 0.580 bits per heavy atom. The molecule has 0 bridgehead atoms. The van der Waals surface area contributed by atoms with Gasteiger partial charge in [-0.15, -0.1) is 92.8 Å². The Hall–Kier alpha value is -2.44. The zero-order valence-corrected chi connectivity index (χ0v) is 51.9. The smallest absolute Gasteiger partial charge is 0.218 e. The van der Waals surface area contributed by atoms with E-state index in [-0.39, 0.29) is 0 Å². The van der Waals surface area contributed by atoms with Crippen molar-refractivity contribution in [2.75, 3.05) is 47.0 Å². The molecule has 0 saturated heterocycles. The molecule has 0 aromatic carbocycles. The van der Waals surface area contributed by atoms with Gasteiger partial charge >= 0.3 is 0 Å². The molecule has 0 aromatic heterocycles. The van der Waals surface area contributed by atoms with Crippen LogP contribution in [0.4, 0.5) is 0 Å². The van der Waals surface area contributed by atoms with Crippen LogP contribution in [0.5, 0.6) is 0 Å². The third-order valence-corrected chi connectivity index (χ3v) is 14.0. The molecule has 1 heterocycles. The van der Waals surface area contributed by atoms with E-state index in [2.05, 4.69) is 0 Å². The van der Waals surface area contributed by atoms with Gasteiger partial charge in [0.2, 0.25) is 37.7 Å². The summed E-state index contributed by atoms with van der Waals surface area (Å²) >= 11 is 46.7. The fourth-order valence-electron chi connectivity index (χ4n) is 7.43. The lowest BCUT2D eigenvalue weighted by Gasteiger charge is -2.35. The normalized spacial score (nSPS) is 34.8. The average molecular weight is 1450 g/mol. The monoisotopic (exact) mass is 1440 g/mol. The Kier molecular flexibility index (Phi) is 40.6. The van der Waals surface area contributed by atoms with E-state index >= 15 is 0 Å². The second kappa shape index (κ2) is 42.7. The van der Waals surface area contributed by atoms with Crippen molar-refractivity contribution < 1.29 is 160 Å². The summed E-state index contributed by atoms with van der Waals surface area (Å²) in [5.41, 5.74) is 0. The number of rotatable bonds is 16. The highest BCUT2D eigenvalue weighted by atomic mass is 35.5. The van der Waals surface area contributed by atoms with E-state index in [0.717, 1.165) is 0 Å². The molecular formula is C48H76Cl8O32. The molecule has 0 amide bonds. The summed E-state index contributed by atoms with van der Waals surface area (Å²) in [7, 11) is 0. The second-order valence-corrected chi connectivity index (χ2v) is 21.4. The molecule has 40 heteroatoms. The highest BCUT2D eigenvalue weighted by Gasteiger charge is 2.42. The van der Waals surface area contributed by atoms with E-state index in [9.17, 15) is 123 Å². The van der Waals surface area contributed by atoms with Gasteiger partial charge in [0, 0.05) is 47.0 Å². The van der Waals surface area contributed by atoms with Crippen LogP contribution in [0.25, 0.3) is 0 Å². The number of aliphatic hydroxyl groups is 24. The van der Waals surface area contributed by atoms with Gasteiger partial charge in [-0.1, -0.05) is 0 Å². The van der Waals surface area contributed by atoms with E-state index in [1.54, 1.807) is 0 Å². The lowest BCUT2D eigenvalue weighted by Crippen LogP contribution is -2.52. The molecule has 0 fully saturated rings. The first-order chi connectivity index (χ1) is 41.3. The van der Waals surface area contributed by atoms with Crippen LogP contribution in [0.15, 0.2) is 69.1 Å². The fourth-order valence-corrected chi connectivity index (χ4v) is 9.05. The Balaban J connectivity index is 4.18. The van der Waals surface area contributed by atoms with Crippen molar-refractivity contribution in [3.8, 4) is 0 Å². The summed E-state index contributed by atoms with van der Waals surface area (Å²) < 4.78 is 41.6. The molecule has 1 aliphatic heterocycles. The van der Waals surface area contributed by atoms with Gasteiger partial charge in [0.1, 0.15) is 61.0 Å². The number of ether oxygens (including phenoxy) is 8. The molecule has 516 valence electrons. The number of halogens is 8. The third-order valence-electron chi connectivity index (χ3n) is 12.3. The molecule has 1 aliphatic rings. The van der Waals surface area contributed by atoms with Crippen molar-refractivity contribution in [1.29, 1.82) is 0 Å². The highest BCUT2D eigenvalue weighted by Crippen LogP contribution is 2.30. The van der Waals surface area contributed by atoms with E-state index in [1.807, 2.05) is 0 Å². The van der Waals surface area contributed by atoms with E-state index in [0.29, 0.717) is 0 Å². The Bertz CT molecular complexity index is 2240. The molecule has 24 N–H and O–H groups in total. The summed E-state index contributed by atoms with van der Waals surface area (Å²) in [6, 6.07) is 0. The van der Waals surface area contributed by atoms with E-state index in [4.69, 9.17) is 131 Å². The first kappa shape index (κ1) is 83.6. The summed E-state index contributed by atoms with van der Waals surface area (Å²) in [6.45, 7) is 0. The average Bonchev–Trinajstić information content (AvgIpc) is 3.29. The Morgan fingerprint density at radius 1 is 0.205 bits per heavy atom. The maximum absolute atomic E-state index is 11.1. The van der Waals surface area contributed by atoms with Crippen LogP contribution in [-0.4, -0.2) is 293 Å². The molecule has 0 aliphatic carbocycles. The quantitative estimate of drug-likeness (QED) is 0.0984. The van der Waals surface area contributed by atoms with Crippen molar-refractivity contribution in [3.05, 3.63) is 69.1 Å². The molecular weight excluding hydrogens is 1370 g/mol. The van der Waals surface area contributed by atoms with Gasteiger partial charge in [0.15, 0.2) is 81.7 Å². The molecule has 88 heavy (non-hydrogen) atoms. The predicted octanol–water partition coefficient (Wildman–Crippen LogP) is 2.07. The van der Waals surface area contributed by atoms with Crippen molar-refractivity contribution in [2.45, 2.75) is 175 Å².